The van der Waals surface area contributed by atoms with Gasteiger partial charge in [0.05, 0.1) is 6.20 Å². The van der Waals surface area contributed by atoms with Crippen molar-refractivity contribution >= 4 is 0 Å². The van der Waals surface area contributed by atoms with Crippen LogP contribution in [0, 0.1) is 6.92 Å². The van der Waals surface area contributed by atoms with Crippen molar-refractivity contribution in [1.29, 1.82) is 0 Å². The standard InChI is InChI=1S/C19H25N3/c1-15-3-4-17-5-6-19(18(17)11-15)7-9-22(10-8-19)14-16-12-20-21(2)13-16/h3-4,11-13H,5-10,14H2,1-2H3. The minimum Gasteiger partial charge on any atom is -0.299 e. The third kappa shape index (κ3) is 2.38. The Morgan fingerprint density at radius 2 is 2.00 bits per heavy atom. The second-order valence-corrected chi connectivity index (χ2v) is 7.24. The number of aromatic nitrogens is 2. The summed E-state index contributed by atoms with van der Waals surface area (Å²) < 4.78 is 1.90. The quantitative estimate of drug-likeness (QED) is 0.848. The molecule has 0 bridgehead atoms. The summed E-state index contributed by atoms with van der Waals surface area (Å²) in [6.07, 6.45) is 9.38. The van der Waals surface area contributed by atoms with E-state index in [1.54, 1.807) is 11.1 Å². The number of aryl methyl sites for hydroxylation is 3. The van der Waals surface area contributed by atoms with Crippen LogP contribution in [0.15, 0.2) is 30.6 Å². The molecule has 2 heterocycles. The van der Waals surface area contributed by atoms with Crippen molar-refractivity contribution in [2.45, 2.75) is 44.6 Å². The average Bonchev–Trinajstić information content (AvgIpc) is 3.07. The van der Waals surface area contributed by atoms with E-state index in [1.165, 1.54) is 49.9 Å². The van der Waals surface area contributed by atoms with Crippen LogP contribution < -0.4 is 0 Å². The fourth-order valence-corrected chi connectivity index (χ4v) is 4.38. The molecular formula is C19H25N3. The molecule has 116 valence electrons. The first kappa shape index (κ1) is 14.0. The van der Waals surface area contributed by atoms with Gasteiger partial charge in [0.25, 0.3) is 0 Å². The van der Waals surface area contributed by atoms with Gasteiger partial charge in [-0.2, -0.15) is 5.10 Å². The van der Waals surface area contributed by atoms with Crippen molar-refractivity contribution in [1.82, 2.24) is 14.7 Å². The zero-order chi connectivity index (χ0) is 15.2. The predicted molar refractivity (Wildman–Crippen MR) is 88.9 cm³/mol. The molecule has 0 atom stereocenters. The van der Waals surface area contributed by atoms with E-state index in [1.807, 2.05) is 17.9 Å². The molecule has 1 fully saturated rings. The van der Waals surface area contributed by atoms with Gasteiger partial charge in [-0.25, -0.2) is 0 Å². The molecule has 1 spiro atoms. The van der Waals surface area contributed by atoms with E-state index in [0.717, 1.165) is 6.54 Å². The maximum atomic E-state index is 4.28. The maximum absolute atomic E-state index is 4.28. The lowest BCUT2D eigenvalue weighted by molar-refractivity contribution is 0.152. The molecular weight excluding hydrogens is 270 g/mol. The molecule has 0 unspecified atom stereocenters. The molecule has 1 aromatic carbocycles. The van der Waals surface area contributed by atoms with Crippen LogP contribution in [0.25, 0.3) is 0 Å². The van der Waals surface area contributed by atoms with E-state index in [9.17, 15) is 0 Å². The largest absolute Gasteiger partial charge is 0.299 e. The van der Waals surface area contributed by atoms with Gasteiger partial charge in [0, 0.05) is 25.4 Å². The number of hydrogen-bond acceptors (Lipinski definition) is 2. The van der Waals surface area contributed by atoms with E-state index < -0.39 is 0 Å². The summed E-state index contributed by atoms with van der Waals surface area (Å²) in [5, 5.41) is 4.28. The van der Waals surface area contributed by atoms with E-state index in [4.69, 9.17) is 0 Å². The monoisotopic (exact) mass is 295 g/mol. The number of fused-ring (bicyclic) bond motifs is 2. The van der Waals surface area contributed by atoms with Crippen molar-refractivity contribution in [2.24, 2.45) is 7.05 Å². The smallest absolute Gasteiger partial charge is 0.0534 e. The van der Waals surface area contributed by atoms with Gasteiger partial charge < -0.3 is 0 Å². The summed E-state index contributed by atoms with van der Waals surface area (Å²) >= 11 is 0. The summed E-state index contributed by atoms with van der Waals surface area (Å²) in [5.41, 5.74) is 6.48. The van der Waals surface area contributed by atoms with Crippen LogP contribution >= 0.6 is 0 Å². The Morgan fingerprint density at radius 1 is 1.18 bits per heavy atom. The number of piperidine rings is 1. The van der Waals surface area contributed by atoms with Crippen molar-refractivity contribution in [2.75, 3.05) is 13.1 Å². The van der Waals surface area contributed by atoms with Gasteiger partial charge in [-0.15, -0.1) is 0 Å². The van der Waals surface area contributed by atoms with E-state index in [-0.39, 0.29) is 0 Å². The van der Waals surface area contributed by atoms with Gasteiger partial charge >= 0.3 is 0 Å². The highest BCUT2D eigenvalue weighted by atomic mass is 15.2. The number of benzene rings is 1. The van der Waals surface area contributed by atoms with E-state index in [0.29, 0.717) is 5.41 Å². The lowest BCUT2D eigenvalue weighted by Crippen LogP contribution is -2.41. The summed E-state index contributed by atoms with van der Waals surface area (Å²) in [6.45, 7) is 5.69. The summed E-state index contributed by atoms with van der Waals surface area (Å²) in [6, 6.07) is 7.09. The molecule has 0 amide bonds. The van der Waals surface area contributed by atoms with Crippen molar-refractivity contribution in [3.05, 3.63) is 52.8 Å². The Morgan fingerprint density at radius 3 is 2.73 bits per heavy atom. The molecule has 3 heteroatoms. The van der Waals surface area contributed by atoms with Gasteiger partial charge in [0.15, 0.2) is 0 Å². The lowest BCUT2D eigenvalue weighted by Gasteiger charge is -2.40. The number of hydrogen-bond donors (Lipinski definition) is 0. The van der Waals surface area contributed by atoms with Crippen LogP contribution in [0.2, 0.25) is 0 Å². The fraction of sp³-hybridized carbons (Fsp3) is 0.526. The van der Waals surface area contributed by atoms with Gasteiger partial charge in [0.2, 0.25) is 0 Å². The highest BCUT2D eigenvalue weighted by Gasteiger charge is 2.40. The van der Waals surface area contributed by atoms with E-state index >= 15 is 0 Å². The summed E-state index contributed by atoms with van der Waals surface area (Å²) in [5.74, 6) is 0. The highest BCUT2D eigenvalue weighted by Crippen LogP contribution is 2.46. The minimum absolute atomic E-state index is 0.465. The maximum Gasteiger partial charge on any atom is 0.0534 e. The van der Waals surface area contributed by atoms with Crippen LogP contribution in [-0.2, 0) is 25.4 Å². The predicted octanol–water partition coefficient (Wildman–Crippen LogP) is 3.21. The highest BCUT2D eigenvalue weighted by molar-refractivity contribution is 5.42. The molecule has 1 saturated heterocycles. The molecule has 1 aromatic heterocycles. The number of rotatable bonds is 2. The Bertz CT molecular complexity index is 678. The van der Waals surface area contributed by atoms with Crippen LogP contribution in [-0.4, -0.2) is 27.8 Å². The zero-order valence-electron chi connectivity index (χ0n) is 13.7. The fourth-order valence-electron chi connectivity index (χ4n) is 4.38. The Hall–Kier alpha value is -1.61. The van der Waals surface area contributed by atoms with Gasteiger partial charge in [-0.3, -0.25) is 9.58 Å². The zero-order valence-corrected chi connectivity index (χ0v) is 13.7. The first-order valence-electron chi connectivity index (χ1n) is 8.45. The Labute approximate surface area is 132 Å². The molecule has 1 aliphatic carbocycles. The average molecular weight is 295 g/mol. The number of likely N-dealkylation sites (tertiary alicyclic amines) is 1. The van der Waals surface area contributed by atoms with Crippen LogP contribution in [0.5, 0.6) is 0 Å². The van der Waals surface area contributed by atoms with Crippen molar-refractivity contribution in [3.8, 4) is 0 Å². The topological polar surface area (TPSA) is 21.1 Å². The third-order valence-electron chi connectivity index (χ3n) is 5.69. The van der Waals surface area contributed by atoms with Crippen LogP contribution in [0.1, 0.15) is 41.5 Å². The molecule has 22 heavy (non-hydrogen) atoms. The molecule has 3 nitrogen and oxygen atoms in total. The molecule has 0 N–H and O–H groups in total. The van der Waals surface area contributed by atoms with E-state index in [2.05, 4.69) is 41.3 Å². The molecule has 2 aliphatic rings. The normalized spacial score (nSPS) is 20.5. The van der Waals surface area contributed by atoms with Gasteiger partial charge in [0.1, 0.15) is 0 Å². The SMILES string of the molecule is Cc1ccc2c(c1)C1(CC2)CCN(Cc2cnn(C)c2)CC1. The summed E-state index contributed by atoms with van der Waals surface area (Å²) in [4.78, 5) is 2.59. The Balaban J connectivity index is 1.47. The van der Waals surface area contributed by atoms with Gasteiger partial charge in [-0.05, 0) is 62.2 Å². The molecule has 2 aromatic rings. The van der Waals surface area contributed by atoms with Crippen molar-refractivity contribution < 1.29 is 0 Å². The minimum atomic E-state index is 0.465. The molecule has 1 aliphatic heterocycles. The van der Waals surface area contributed by atoms with Crippen LogP contribution in [0.4, 0.5) is 0 Å². The molecule has 0 radical (unpaired) electrons. The summed E-state index contributed by atoms with van der Waals surface area (Å²) in [7, 11) is 1.99. The Kier molecular flexibility index (Phi) is 3.33. The second-order valence-electron chi connectivity index (χ2n) is 7.24. The second kappa shape index (κ2) is 5.24. The van der Waals surface area contributed by atoms with Crippen LogP contribution in [0.3, 0.4) is 0 Å². The molecule has 0 saturated carbocycles. The molecule has 4 rings (SSSR count). The first-order chi connectivity index (χ1) is 10.6. The van der Waals surface area contributed by atoms with Gasteiger partial charge in [-0.1, -0.05) is 23.8 Å². The first-order valence-corrected chi connectivity index (χ1v) is 8.45. The number of nitrogens with zero attached hydrogens (tertiary/aromatic N) is 3. The third-order valence-corrected chi connectivity index (χ3v) is 5.69. The van der Waals surface area contributed by atoms with Crippen molar-refractivity contribution in [3.63, 3.8) is 0 Å². The lowest BCUT2D eigenvalue weighted by atomic mass is 9.73.